The van der Waals surface area contributed by atoms with Crippen LogP contribution in [-0.2, 0) is 11.2 Å². The summed E-state index contributed by atoms with van der Waals surface area (Å²) < 4.78 is 0. The first-order valence-electron chi connectivity index (χ1n) is 7.26. The van der Waals surface area contributed by atoms with Crippen LogP contribution in [0, 0.1) is 0 Å². The van der Waals surface area contributed by atoms with E-state index in [2.05, 4.69) is 10.6 Å². The van der Waals surface area contributed by atoms with Gasteiger partial charge in [-0.15, -0.1) is 0 Å². The van der Waals surface area contributed by atoms with E-state index < -0.39 is 6.04 Å². The Bertz CT molecular complexity index is 763. The number of para-hydroxylation sites is 2. The van der Waals surface area contributed by atoms with E-state index in [1.54, 1.807) is 31.3 Å². The third-order valence-corrected chi connectivity index (χ3v) is 4.19. The molecule has 1 atom stereocenters. The summed E-state index contributed by atoms with van der Waals surface area (Å²) in [6.45, 7) is 0. The van der Waals surface area contributed by atoms with Crippen LogP contribution in [0.3, 0.4) is 0 Å². The molecule has 1 heterocycles. The van der Waals surface area contributed by atoms with E-state index in [1.807, 2.05) is 24.3 Å². The molecular formula is C17H16ClN3O2. The number of nitrogens with one attached hydrogen (secondary N) is 2. The Kier molecular flexibility index (Phi) is 4.21. The molecule has 0 saturated heterocycles. The molecule has 0 unspecified atom stereocenters. The van der Waals surface area contributed by atoms with Crippen molar-refractivity contribution in [1.29, 1.82) is 0 Å². The van der Waals surface area contributed by atoms with Crippen molar-refractivity contribution in [2.75, 3.05) is 17.3 Å². The molecule has 6 heteroatoms. The Labute approximate surface area is 139 Å². The molecule has 2 N–H and O–H groups in total. The maximum Gasteiger partial charge on any atom is 0.327 e. The van der Waals surface area contributed by atoms with E-state index in [0.717, 1.165) is 11.3 Å². The van der Waals surface area contributed by atoms with Gasteiger partial charge < -0.3 is 10.6 Å². The lowest BCUT2D eigenvalue weighted by Gasteiger charge is -2.24. The fourth-order valence-corrected chi connectivity index (χ4v) is 2.93. The van der Waals surface area contributed by atoms with Gasteiger partial charge in [0, 0.05) is 19.2 Å². The summed E-state index contributed by atoms with van der Waals surface area (Å²) in [6, 6.07) is 13.6. The van der Waals surface area contributed by atoms with Crippen LogP contribution in [0.5, 0.6) is 0 Å². The smallest absolute Gasteiger partial charge is 0.327 e. The highest BCUT2D eigenvalue weighted by molar-refractivity contribution is 6.33. The molecule has 0 spiro atoms. The standard InChI is InChI=1S/C17H16ClN3O2/c1-19-16(22)15-10-11-6-2-5-9-14(11)21(15)17(23)20-13-8-4-3-7-12(13)18/h2-9,15H,10H2,1H3,(H,19,22)(H,20,23)/t15-/m1/s1. The Balaban J connectivity index is 1.92. The molecule has 2 aromatic carbocycles. The molecule has 5 nitrogen and oxygen atoms in total. The minimum Gasteiger partial charge on any atom is -0.357 e. The van der Waals surface area contributed by atoms with Gasteiger partial charge in [0.15, 0.2) is 0 Å². The average Bonchev–Trinajstić information content (AvgIpc) is 2.95. The number of urea groups is 1. The van der Waals surface area contributed by atoms with Crippen molar-refractivity contribution in [3.63, 3.8) is 0 Å². The molecule has 2 aromatic rings. The van der Waals surface area contributed by atoms with Crippen molar-refractivity contribution in [2.45, 2.75) is 12.5 Å². The third-order valence-electron chi connectivity index (χ3n) is 3.86. The van der Waals surface area contributed by atoms with Crippen molar-refractivity contribution >= 4 is 34.9 Å². The van der Waals surface area contributed by atoms with Crippen LogP contribution in [0.1, 0.15) is 5.56 Å². The molecule has 0 saturated carbocycles. The molecule has 3 amide bonds. The molecule has 0 fully saturated rings. The summed E-state index contributed by atoms with van der Waals surface area (Å²) >= 11 is 6.09. The Morgan fingerprint density at radius 3 is 2.57 bits per heavy atom. The molecule has 0 bridgehead atoms. The predicted octanol–water partition coefficient (Wildman–Crippen LogP) is 3.05. The predicted molar refractivity (Wildman–Crippen MR) is 91.0 cm³/mol. The van der Waals surface area contributed by atoms with Crippen molar-refractivity contribution in [3.05, 3.63) is 59.1 Å². The summed E-state index contributed by atoms with van der Waals surface area (Å²) in [5, 5.41) is 5.84. The van der Waals surface area contributed by atoms with E-state index in [0.29, 0.717) is 17.1 Å². The zero-order valence-corrected chi connectivity index (χ0v) is 13.3. The second-order valence-corrected chi connectivity index (χ2v) is 5.65. The number of benzene rings is 2. The zero-order valence-electron chi connectivity index (χ0n) is 12.5. The number of rotatable bonds is 2. The van der Waals surface area contributed by atoms with Crippen LogP contribution in [0.15, 0.2) is 48.5 Å². The van der Waals surface area contributed by atoms with Crippen LogP contribution >= 0.6 is 11.6 Å². The summed E-state index contributed by atoms with van der Waals surface area (Å²) in [5.41, 5.74) is 2.22. The number of likely N-dealkylation sites (N-methyl/N-ethyl adjacent to an activating group) is 1. The fourth-order valence-electron chi connectivity index (χ4n) is 2.75. The highest BCUT2D eigenvalue weighted by Crippen LogP contribution is 2.33. The lowest BCUT2D eigenvalue weighted by Crippen LogP contribution is -2.48. The van der Waals surface area contributed by atoms with E-state index in [1.165, 1.54) is 4.90 Å². The van der Waals surface area contributed by atoms with Crippen LogP contribution in [0.25, 0.3) is 0 Å². The van der Waals surface area contributed by atoms with E-state index in [9.17, 15) is 9.59 Å². The van der Waals surface area contributed by atoms with Crippen molar-refractivity contribution in [3.8, 4) is 0 Å². The third kappa shape index (κ3) is 2.87. The molecule has 0 aliphatic carbocycles. The lowest BCUT2D eigenvalue weighted by atomic mass is 10.1. The number of nitrogens with zero attached hydrogens (tertiary/aromatic N) is 1. The zero-order chi connectivity index (χ0) is 16.4. The summed E-state index contributed by atoms with van der Waals surface area (Å²) in [5.74, 6) is -0.199. The molecule has 0 radical (unpaired) electrons. The van der Waals surface area contributed by atoms with Gasteiger partial charge in [-0.2, -0.15) is 0 Å². The van der Waals surface area contributed by atoms with Crippen molar-refractivity contribution < 1.29 is 9.59 Å². The van der Waals surface area contributed by atoms with Gasteiger partial charge in [0.2, 0.25) is 5.91 Å². The SMILES string of the molecule is CNC(=O)[C@H]1Cc2ccccc2N1C(=O)Nc1ccccc1Cl. The first kappa shape index (κ1) is 15.4. The molecule has 1 aliphatic heterocycles. The molecule has 1 aliphatic rings. The van der Waals surface area contributed by atoms with E-state index in [4.69, 9.17) is 11.6 Å². The minimum atomic E-state index is -0.570. The number of anilines is 2. The van der Waals surface area contributed by atoms with Gasteiger partial charge in [0.05, 0.1) is 10.7 Å². The van der Waals surface area contributed by atoms with E-state index >= 15 is 0 Å². The lowest BCUT2D eigenvalue weighted by molar-refractivity contribution is -0.121. The Hall–Kier alpha value is -2.53. The number of carbonyl (C=O) groups is 2. The number of halogens is 1. The maximum atomic E-state index is 12.7. The van der Waals surface area contributed by atoms with Gasteiger partial charge in [-0.3, -0.25) is 9.69 Å². The quantitative estimate of drug-likeness (QED) is 0.889. The average molecular weight is 330 g/mol. The normalized spacial score (nSPS) is 15.9. The van der Waals surface area contributed by atoms with Gasteiger partial charge in [0.1, 0.15) is 6.04 Å². The first-order valence-corrected chi connectivity index (χ1v) is 7.64. The highest BCUT2D eigenvalue weighted by Gasteiger charge is 2.37. The monoisotopic (exact) mass is 329 g/mol. The second-order valence-electron chi connectivity index (χ2n) is 5.24. The minimum absolute atomic E-state index is 0.199. The molecular weight excluding hydrogens is 314 g/mol. The van der Waals surface area contributed by atoms with Gasteiger partial charge in [-0.25, -0.2) is 4.79 Å². The Morgan fingerprint density at radius 1 is 1.13 bits per heavy atom. The van der Waals surface area contributed by atoms with E-state index in [-0.39, 0.29) is 11.9 Å². The van der Waals surface area contributed by atoms with Gasteiger partial charge in [-0.1, -0.05) is 41.9 Å². The topological polar surface area (TPSA) is 61.4 Å². The number of hydrogen-bond donors (Lipinski definition) is 2. The number of fused-ring (bicyclic) bond motifs is 1. The molecule has 118 valence electrons. The van der Waals surface area contributed by atoms with Gasteiger partial charge in [0.25, 0.3) is 0 Å². The van der Waals surface area contributed by atoms with Gasteiger partial charge in [-0.05, 0) is 23.8 Å². The second kappa shape index (κ2) is 6.30. The maximum absolute atomic E-state index is 12.7. The summed E-state index contributed by atoms with van der Waals surface area (Å²) in [6.07, 6.45) is 0.492. The molecule has 3 rings (SSSR count). The molecule has 23 heavy (non-hydrogen) atoms. The number of hydrogen-bond acceptors (Lipinski definition) is 2. The molecule has 0 aromatic heterocycles. The number of amides is 3. The summed E-state index contributed by atoms with van der Waals surface area (Å²) in [4.78, 5) is 26.4. The highest BCUT2D eigenvalue weighted by atomic mass is 35.5. The van der Waals surface area contributed by atoms with Crippen LogP contribution in [0.2, 0.25) is 5.02 Å². The van der Waals surface area contributed by atoms with Gasteiger partial charge >= 0.3 is 6.03 Å². The van der Waals surface area contributed by atoms with Crippen LogP contribution in [-0.4, -0.2) is 25.0 Å². The van der Waals surface area contributed by atoms with Crippen LogP contribution < -0.4 is 15.5 Å². The van der Waals surface area contributed by atoms with Crippen molar-refractivity contribution in [2.24, 2.45) is 0 Å². The Morgan fingerprint density at radius 2 is 1.83 bits per heavy atom. The largest absolute Gasteiger partial charge is 0.357 e. The first-order chi connectivity index (χ1) is 11.1. The fraction of sp³-hybridized carbons (Fsp3) is 0.176. The van der Waals surface area contributed by atoms with Crippen LogP contribution in [0.4, 0.5) is 16.2 Å². The summed E-state index contributed by atoms with van der Waals surface area (Å²) in [7, 11) is 1.56. The number of carbonyl (C=O) groups excluding carboxylic acids is 2. The van der Waals surface area contributed by atoms with Crippen molar-refractivity contribution in [1.82, 2.24) is 5.32 Å².